The molecule has 1 aromatic rings. The van der Waals surface area contributed by atoms with E-state index < -0.39 is 13.0 Å². The Kier molecular flexibility index (Phi) is 3.77. The molecule has 0 aliphatic carbocycles. The monoisotopic (exact) mass is 267 g/mol. The molecule has 0 radical (unpaired) electrons. The average Bonchev–Trinajstić information content (AvgIpc) is 2.16. The normalized spacial score (nSPS) is 10.7. The quantitative estimate of drug-likeness (QED) is 0.914. The molecule has 0 aromatic carbocycles. The zero-order valence-electron chi connectivity index (χ0n) is 7.30. The Bertz CT molecular complexity index is 333. The fourth-order valence-electron chi connectivity index (χ4n) is 1.01. The Balaban J connectivity index is 3.31. The molecule has 14 heavy (non-hydrogen) atoms. The Morgan fingerprint density at radius 2 is 2.29 bits per heavy atom. The van der Waals surface area contributed by atoms with E-state index in [2.05, 4.69) is 20.9 Å². The Morgan fingerprint density at radius 1 is 1.64 bits per heavy atom. The number of halogens is 3. The number of rotatable bonds is 3. The van der Waals surface area contributed by atoms with Crippen molar-refractivity contribution in [2.24, 2.45) is 0 Å². The number of aromatic nitrogens is 1. The van der Waals surface area contributed by atoms with Gasteiger partial charge in [-0.2, -0.15) is 0 Å². The second-order valence-electron chi connectivity index (χ2n) is 2.46. The fourth-order valence-corrected chi connectivity index (χ4v) is 1.68. The highest BCUT2D eigenvalue weighted by molar-refractivity contribution is 9.10. The van der Waals surface area contributed by atoms with E-state index in [1.807, 2.05) is 0 Å². The lowest BCUT2D eigenvalue weighted by Gasteiger charge is -2.11. The van der Waals surface area contributed by atoms with Gasteiger partial charge in [0, 0.05) is 0 Å². The highest BCUT2D eigenvalue weighted by atomic mass is 79.9. The van der Waals surface area contributed by atoms with Crippen LogP contribution < -0.4 is 4.74 Å². The molecule has 0 saturated carbocycles. The predicted octanol–water partition coefficient (Wildman–Crippen LogP) is 2.28. The van der Waals surface area contributed by atoms with E-state index in [-0.39, 0.29) is 21.5 Å². The van der Waals surface area contributed by atoms with Gasteiger partial charge in [-0.05, 0) is 15.9 Å². The number of ether oxygens (including phenoxy) is 1. The van der Waals surface area contributed by atoms with E-state index in [1.165, 1.54) is 13.3 Å². The number of hydrogen-bond donors (Lipinski definition) is 1. The minimum atomic E-state index is -2.70. The van der Waals surface area contributed by atoms with E-state index in [0.29, 0.717) is 0 Å². The Morgan fingerprint density at radius 3 is 2.71 bits per heavy atom. The Labute approximate surface area is 87.9 Å². The van der Waals surface area contributed by atoms with Crippen LogP contribution in [0.2, 0.25) is 0 Å². The van der Waals surface area contributed by atoms with E-state index in [0.717, 1.165) is 0 Å². The fraction of sp³-hybridized carbons (Fsp3) is 0.375. The molecule has 0 fully saturated rings. The molecule has 1 rings (SSSR count). The number of aliphatic hydroxyl groups excluding tert-OH is 1. The lowest BCUT2D eigenvalue weighted by molar-refractivity contribution is 0.144. The third kappa shape index (κ3) is 2.01. The lowest BCUT2D eigenvalue weighted by atomic mass is 10.2. The van der Waals surface area contributed by atoms with E-state index in [4.69, 9.17) is 9.84 Å². The van der Waals surface area contributed by atoms with Gasteiger partial charge in [0.1, 0.15) is 0 Å². The second-order valence-corrected chi connectivity index (χ2v) is 3.25. The van der Waals surface area contributed by atoms with E-state index in [1.54, 1.807) is 0 Å². The third-order valence-corrected chi connectivity index (χ3v) is 2.51. The summed E-state index contributed by atoms with van der Waals surface area (Å²) in [5.41, 5.74) is -0.375. The molecule has 0 aliphatic rings. The van der Waals surface area contributed by atoms with Gasteiger partial charge < -0.3 is 9.84 Å². The van der Waals surface area contributed by atoms with Crippen molar-refractivity contribution in [3.8, 4) is 5.75 Å². The molecule has 6 heteroatoms. The molecule has 0 atom stereocenters. The zero-order chi connectivity index (χ0) is 10.7. The summed E-state index contributed by atoms with van der Waals surface area (Å²) in [6, 6.07) is 0. The molecule has 0 bridgehead atoms. The van der Waals surface area contributed by atoms with Crippen LogP contribution >= 0.6 is 15.9 Å². The van der Waals surface area contributed by atoms with Crippen LogP contribution in [0.15, 0.2) is 10.7 Å². The maximum atomic E-state index is 12.6. The summed E-state index contributed by atoms with van der Waals surface area (Å²) in [5, 5.41) is 8.80. The van der Waals surface area contributed by atoms with Crippen molar-refractivity contribution in [1.29, 1.82) is 0 Å². The highest BCUT2D eigenvalue weighted by Crippen LogP contribution is 2.35. The van der Waals surface area contributed by atoms with Crippen LogP contribution in [0, 0.1) is 0 Å². The first-order valence-electron chi connectivity index (χ1n) is 3.72. The van der Waals surface area contributed by atoms with Crippen LogP contribution in [0.3, 0.4) is 0 Å². The average molecular weight is 268 g/mol. The topological polar surface area (TPSA) is 42.4 Å². The number of methoxy groups -OCH3 is 1. The van der Waals surface area contributed by atoms with E-state index >= 15 is 0 Å². The SMILES string of the molecule is COc1cnc(CO)c(C(F)F)c1Br. The minimum absolute atomic E-state index is 0.0484. The predicted molar refractivity (Wildman–Crippen MR) is 49.4 cm³/mol. The Hall–Kier alpha value is -0.750. The van der Waals surface area contributed by atoms with Crippen molar-refractivity contribution in [1.82, 2.24) is 4.98 Å². The summed E-state index contributed by atoms with van der Waals surface area (Å²) >= 11 is 2.98. The first-order valence-corrected chi connectivity index (χ1v) is 4.51. The van der Waals surface area contributed by atoms with Crippen molar-refractivity contribution in [2.45, 2.75) is 13.0 Å². The second kappa shape index (κ2) is 4.65. The molecular formula is C8H8BrF2NO2. The smallest absolute Gasteiger partial charge is 0.266 e. The minimum Gasteiger partial charge on any atom is -0.494 e. The van der Waals surface area contributed by atoms with Gasteiger partial charge in [-0.1, -0.05) is 0 Å². The number of aliphatic hydroxyl groups is 1. The molecule has 1 heterocycles. The summed E-state index contributed by atoms with van der Waals surface area (Å²) < 4.78 is 30.1. The van der Waals surface area contributed by atoms with Crippen LogP contribution in [0.5, 0.6) is 5.75 Å². The van der Waals surface area contributed by atoms with Gasteiger partial charge >= 0.3 is 0 Å². The molecule has 1 N–H and O–H groups in total. The largest absolute Gasteiger partial charge is 0.494 e. The number of pyridine rings is 1. The van der Waals surface area contributed by atoms with Crippen molar-refractivity contribution >= 4 is 15.9 Å². The van der Waals surface area contributed by atoms with Gasteiger partial charge in [0.2, 0.25) is 0 Å². The molecule has 0 amide bonds. The summed E-state index contributed by atoms with van der Waals surface area (Å²) in [4.78, 5) is 3.67. The number of alkyl halides is 2. The lowest BCUT2D eigenvalue weighted by Crippen LogP contribution is -2.01. The zero-order valence-corrected chi connectivity index (χ0v) is 8.88. The first kappa shape index (κ1) is 11.3. The molecule has 0 spiro atoms. The molecule has 0 saturated heterocycles. The van der Waals surface area contributed by atoms with Crippen LogP contribution in [0.25, 0.3) is 0 Å². The maximum absolute atomic E-state index is 12.6. The summed E-state index contributed by atoms with van der Waals surface area (Å²) in [6.07, 6.45) is -1.42. The molecular weight excluding hydrogens is 260 g/mol. The third-order valence-electron chi connectivity index (χ3n) is 1.69. The van der Waals surface area contributed by atoms with Crippen LogP contribution in [0.1, 0.15) is 17.7 Å². The number of nitrogens with zero attached hydrogens (tertiary/aromatic N) is 1. The van der Waals surface area contributed by atoms with Gasteiger partial charge in [-0.25, -0.2) is 8.78 Å². The van der Waals surface area contributed by atoms with Gasteiger partial charge in [0.05, 0.1) is 35.6 Å². The summed E-state index contributed by atoms with van der Waals surface area (Å²) in [6.45, 7) is -0.526. The molecule has 1 aromatic heterocycles. The highest BCUT2D eigenvalue weighted by Gasteiger charge is 2.20. The van der Waals surface area contributed by atoms with Crippen LogP contribution in [-0.4, -0.2) is 17.2 Å². The van der Waals surface area contributed by atoms with Gasteiger partial charge in [0.15, 0.2) is 5.75 Å². The van der Waals surface area contributed by atoms with Crippen molar-refractivity contribution in [3.05, 3.63) is 21.9 Å². The van der Waals surface area contributed by atoms with Gasteiger partial charge in [0.25, 0.3) is 6.43 Å². The summed E-state index contributed by atoms with van der Waals surface area (Å²) in [5.74, 6) is 0.220. The van der Waals surface area contributed by atoms with Crippen molar-refractivity contribution in [2.75, 3.05) is 7.11 Å². The first-order chi connectivity index (χ1) is 6.61. The molecule has 78 valence electrons. The van der Waals surface area contributed by atoms with Crippen molar-refractivity contribution in [3.63, 3.8) is 0 Å². The van der Waals surface area contributed by atoms with Crippen LogP contribution in [0.4, 0.5) is 8.78 Å². The molecule has 0 unspecified atom stereocenters. The van der Waals surface area contributed by atoms with Gasteiger partial charge in [-0.3, -0.25) is 4.98 Å². The van der Waals surface area contributed by atoms with E-state index in [9.17, 15) is 8.78 Å². The standard InChI is InChI=1S/C8H8BrF2NO2/c1-14-5-2-12-4(3-13)6(7(5)9)8(10)11/h2,8,13H,3H2,1H3. The molecule has 0 aliphatic heterocycles. The van der Waals surface area contributed by atoms with Crippen molar-refractivity contribution < 1.29 is 18.6 Å². The summed E-state index contributed by atoms with van der Waals surface area (Å²) in [7, 11) is 1.36. The maximum Gasteiger partial charge on any atom is 0.266 e. The molecule has 3 nitrogen and oxygen atoms in total. The van der Waals surface area contributed by atoms with Crippen LogP contribution in [-0.2, 0) is 6.61 Å². The number of hydrogen-bond acceptors (Lipinski definition) is 3. The van der Waals surface area contributed by atoms with Gasteiger partial charge in [-0.15, -0.1) is 0 Å².